The summed E-state index contributed by atoms with van der Waals surface area (Å²) >= 11 is 0. The second kappa shape index (κ2) is 7.57. The first-order valence-electron chi connectivity index (χ1n) is 7.53. The van der Waals surface area contributed by atoms with E-state index in [1.165, 1.54) is 23.1 Å². The summed E-state index contributed by atoms with van der Waals surface area (Å²) in [6, 6.07) is 9.43. The highest BCUT2D eigenvalue weighted by Crippen LogP contribution is 2.16. The number of halogens is 1. The summed E-state index contributed by atoms with van der Waals surface area (Å²) in [6.45, 7) is 2.37. The van der Waals surface area contributed by atoms with Crippen LogP contribution in [0.2, 0.25) is 0 Å². The Morgan fingerprint density at radius 2 is 1.80 bits per heavy atom. The predicted molar refractivity (Wildman–Crippen MR) is 90.4 cm³/mol. The van der Waals surface area contributed by atoms with E-state index in [4.69, 9.17) is 5.11 Å². The summed E-state index contributed by atoms with van der Waals surface area (Å²) in [6.07, 6.45) is 0. The molecule has 0 atom stereocenters. The van der Waals surface area contributed by atoms with E-state index in [2.05, 4.69) is 5.32 Å². The average Bonchev–Trinajstić information content (AvgIpc) is 2.61. The topological polar surface area (TPSA) is 86.7 Å². The molecule has 2 aromatic carbocycles. The smallest absolute Gasteiger partial charge is 0.338 e. The summed E-state index contributed by atoms with van der Waals surface area (Å²) in [7, 11) is 1.65. The quantitative estimate of drug-likeness (QED) is 0.873. The summed E-state index contributed by atoms with van der Waals surface area (Å²) in [5.74, 6) is -3.06. The van der Waals surface area contributed by atoms with Crippen LogP contribution in [0.1, 0.15) is 38.0 Å². The van der Waals surface area contributed by atoms with Crippen LogP contribution in [0.4, 0.5) is 10.1 Å². The fraction of sp³-hybridized carbons (Fsp3) is 0.167. The lowest BCUT2D eigenvalue weighted by Crippen LogP contribution is -2.26. The van der Waals surface area contributed by atoms with Gasteiger partial charge in [-0.05, 0) is 43.3 Å². The molecule has 0 aromatic heterocycles. The van der Waals surface area contributed by atoms with Crippen LogP contribution in [0.3, 0.4) is 0 Å². The predicted octanol–water partition coefficient (Wildman–Crippen LogP) is 2.87. The van der Waals surface area contributed by atoms with Crippen LogP contribution in [-0.4, -0.2) is 41.4 Å². The Bertz CT molecular complexity index is 836. The zero-order valence-electron chi connectivity index (χ0n) is 13.7. The molecule has 0 heterocycles. The van der Waals surface area contributed by atoms with Crippen molar-refractivity contribution in [3.63, 3.8) is 0 Å². The number of carbonyl (C=O) groups is 3. The fourth-order valence-electron chi connectivity index (χ4n) is 2.13. The molecule has 0 saturated carbocycles. The molecule has 2 N–H and O–H groups in total. The van der Waals surface area contributed by atoms with Gasteiger partial charge in [-0.15, -0.1) is 0 Å². The maximum atomic E-state index is 13.4. The summed E-state index contributed by atoms with van der Waals surface area (Å²) in [5.41, 5.74) is 0.205. The van der Waals surface area contributed by atoms with E-state index in [-0.39, 0.29) is 17.2 Å². The molecule has 2 aromatic rings. The molecule has 0 saturated heterocycles. The summed E-state index contributed by atoms with van der Waals surface area (Å²) < 4.78 is 13.4. The molecule has 6 nitrogen and oxygen atoms in total. The minimum absolute atomic E-state index is 0.145. The molecule has 0 spiro atoms. The number of anilines is 1. The highest BCUT2D eigenvalue weighted by Gasteiger charge is 2.15. The van der Waals surface area contributed by atoms with Crippen molar-refractivity contribution >= 4 is 23.5 Å². The van der Waals surface area contributed by atoms with E-state index in [0.717, 1.165) is 12.1 Å². The maximum absolute atomic E-state index is 13.4. The standard InChI is InChI=1S/C18H17FN2O4/c1-3-21(2)17(23)12-6-4-5-11(9-12)16(22)20-13-7-8-15(19)14(10-13)18(24)25/h4-10H,3H2,1-2H3,(H,20,22)(H,24,25). The van der Waals surface area contributed by atoms with Crippen molar-refractivity contribution in [2.45, 2.75) is 6.92 Å². The van der Waals surface area contributed by atoms with Gasteiger partial charge in [0.1, 0.15) is 5.82 Å². The zero-order chi connectivity index (χ0) is 18.6. The largest absolute Gasteiger partial charge is 0.478 e. The molecule has 7 heteroatoms. The van der Waals surface area contributed by atoms with Gasteiger partial charge in [0, 0.05) is 30.4 Å². The number of carboxylic acids is 1. The maximum Gasteiger partial charge on any atom is 0.338 e. The Hall–Kier alpha value is -3.22. The van der Waals surface area contributed by atoms with Crippen LogP contribution >= 0.6 is 0 Å². The molecule has 2 amide bonds. The van der Waals surface area contributed by atoms with Crippen molar-refractivity contribution in [3.05, 3.63) is 65.0 Å². The van der Waals surface area contributed by atoms with Gasteiger partial charge in [0.25, 0.3) is 11.8 Å². The second-order valence-corrected chi connectivity index (χ2v) is 5.35. The molecule has 0 bridgehead atoms. The number of benzene rings is 2. The van der Waals surface area contributed by atoms with E-state index in [9.17, 15) is 18.8 Å². The first-order valence-corrected chi connectivity index (χ1v) is 7.53. The Balaban J connectivity index is 2.23. The Kier molecular flexibility index (Phi) is 5.49. The molecule has 0 fully saturated rings. The molecule has 0 aliphatic carbocycles. The number of nitrogens with zero attached hydrogens (tertiary/aromatic N) is 1. The van der Waals surface area contributed by atoms with Crippen molar-refractivity contribution in [1.82, 2.24) is 4.90 Å². The highest BCUT2D eigenvalue weighted by atomic mass is 19.1. The van der Waals surface area contributed by atoms with E-state index in [1.54, 1.807) is 19.2 Å². The van der Waals surface area contributed by atoms with Crippen molar-refractivity contribution in [1.29, 1.82) is 0 Å². The summed E-state index contributed by atoms with van der Waals surface area (Å²) in [5, 5.41) is 11.4. The molecular weight excluding hydrogens is 327 g/mol. The molecule has 2 rings (SSSR count). The van der Waals surface area contributed by atoms with Crippen molar-refractivity contribution in [2.24, 2.45) is 0 Å². The Morgan fingerprint density at radius 3 is 2.44 bits per heavy atom. The number of nitrogens with one attached hydrogen (secondary N) is 1. The van der Waals surface area contributed by atoms with Gasteiger partial charge in [-0.2, -0.15) is 0 Å². The van der Waals surface area contributed by atoms with E-state index in [0.29, 0.717) is 12.1 Å². The third-order valence-electron chi connectivity index (χ3n) is 3.65. The van der Waals surface area contributed by atoms with Crippen molar-refractivity contribution in [2.75, 3.05) is 18.9 Å². The molecule has 0 unspecified atom stereocenters. The third kappa shape index (κ3) is 4.20. The lowest BCUT2D eigenvalue weighted by molar-refractivity contribution is 0.0690. The first kappa shape index (κ1) is 18.1. The average molecular weight is 344 g/mol. The summed E-state index contributed by atoms with van der Waals surface area (Å²) in [4.78, 5) is 36.9. The normalized spacial score (nSPS) is 10.2. The van der Waals surface area contributed by atoms with Crippen molar-refractivity contribution < 1.29 is 23.9 Å². The van der Waals surface area contributed by atoms with Gasteiger partial charge < -0.3 is 15.3 Å². The molecule has 0 aliphatic rings. The van der Waals surface area contributed by atoms with Crippen LogP contribution in [0, 0.1) is 5.82 Å². The number of aromatic carboxylic acids is 1. The first-order chi connectivity index (χ1) is 11.8. The van der Waals surface area contributed by atoms with Crippen LogP contribution in [0.25, 0.3) is 0 Å². The SMILES string of the molecule is CCN(C)C(=O)c1cccc(C(=O)Nc2ccc(F)c(C(=O)O)c2)c1. The Morgan fingerprint density at radius 1 is 1.12 bits per heavy atom. The van der Waals surface area contributed by atoms with Gasteiger partial charge in [0.15, 0.2) is 0 Å². The van der Waals surface area contributed by atoms with Crippen molar-refractivity contribution in [3.8, 4) is 0 Å². The number of hydrogen-bond donors (Lipinski definition) is 2. The van der Waals surface area contributed by atoms with E-state index < -0.39 is 23.3 Å². The van der Waals surface area contributed by atoms with Gasteiger partial charge in [-0.3, -0.25) is 9.59 Å². The van der Waals surface area contributed by atoms with Gasteiger partial charge >= 0.3 is 5.97 Å². The fourth-order valence-corrected chi connectivity index (χ4v) is 2.13. The number of hydrogen-bond acceptors (Lipinski definition) is 3. The molecule has 130 valence electrons. The number of carbonyl (C=O) groups excluding carboxylic acids is 2. The zero-order valence-corrected chi connectivity index (χ0v) is 13.7. The minimum Gasteiger partial charge on any atom is -0.478 e. The minimum atomic E-state index is -1.43. The number of carboxylic acid groups (broad SMARTS) is 1. The van der Waals surface area contributed by atoms with Crippen LogP contribution in [0.5, 0.6) is 0 Å². The van der Waals surface area contributed by atoms with Crippen LogP contribution < -0.4 is 5.32 Å². The van der Waals surface area contributed by atoms with Gasteiger partial charge in [-0.25, -0.2) is 9.18 Å². The van der Waals surface area contributed by atoms with Crippen LogP contribution in [-0.2, 0) is 0 Å². The van der Waals surface area contributed by atoms with E-state index >= 15 is 0 Å². The second-order valence-electron chi connectivity index (χ2n) is 5.35. The molecule has 25 heavy (non-hydrogen) atoms. The van der Waals surface area contributed by atoms with Gasteiger partial charge in [0.2, 0.25) is 0 Å². The molecule has 0 aliphatic heterocycles. The molecular formula is C18H17FN2O4. The lowest BCUT2D eigenvalue weighted by atomic mass is 10.1. The number of amides is 2. The monoisotopic (exact) mass is 344 g/mol. The Labute approximate surface area is 143 Å². The van der Waals surface area contributed by atoms with Crippen LogP contribution in [0.15, 0.2) is 42.5 Å². The van der Waals surface area contributed by atoms with Gasteiger partial charge in [-0.1, -0.05) is 6.07 Å². The highest BCUT2D eigenvalue weighted by molar-refractivity contribution is 6.06. The molecule has 0 radical (unpaired) electrons. The number of rotatable bonds is 5. The third-order valence-corrected chi connectivity index (χ3v) is 3.65. The lowest BCUT2D eigenvalue weighted by Gasteiger charge is -2.15. The van der Waals surface area contributed by atoms with E-state index in [1.807, 2.05) is 6.92 Å². The van der Waals surface area contributed by atoms with Gasteiger partial charge in [0.05, 0.1) is 5.56 Å².